The normalized spacial score (nSPS) is 14.7. The molecule has 1 saturated carbocycles. The molecule has 0 atom stereocenters. The molecule has 1 aliphatic rings. The Bertz CT molecular complexity index is 2210. The molecule has 51 heavy (non-hydrogen) atoms. The number of nitrogens with zero attached hydrogens (tertiary/aromatic N) is 5. The minimum atomic E-state index is -6.18. The molecule has 1 aromatic heterocycles. The second-order valence-corrected chi connectivity index (χ2v) is 9.46. The Kier molecular flexibility index (Phi) is 9.15. The maximum atomic E-state index is 15.1. The minimum Gasteiger partial charge on any atom is -0.203 e. The summed E-state index contributed by atoms with van der Waals surface area (Å²) in [6.45, 7) is 0. The van der Waals surface area contributed by atoms with E-state index in [2.05, 4.69) is 4.98 Å². The van der Waals surface area contributed by atoms with Crippen LogP contribution < -0.4 is 0 Å². The molecule has 0 radical (unpaired) electrons. The van der Waals surface area contributed by atoms with Gasteiger partial charge in [0.25, 0.3) is 5.95 Å². The van der Waals surface area contributed by atoms with Crippen molar-refractivity contribution in [3.8, 4) is 24.3 Å². The number of hydrogen-bond acceptors (Lipinski definition) is 5. The van der Waals surface area contributed by atoms with Gasteiger partial charge in [-0.25, -0.2) is 48.9 Å². The van der Waals surface area contributed by atoms with Crippen molar-refractivity contribution >= 4 is 16.7 Å². The lowest BCUT2D eigenvalue weighted by Crippen LogP contribution is -2.17. The van der Waals surface area contributed by atoms with Crippen molar-refractivity contribution in [1.29, 1.82) is 21.0 Å². The predicted molar refractivity (Wildman–Crippen MR) is 129 cm³/mol. The summed E-state index contributed by atoms with van der Waals surface area (Å²) in [6, 6.07) is 3.19. The van der Waals surface area contributed by atoms with E-state index in [0.29, 0.717) is 0 Å². The number of aromatic nitrogens is 1. The third kappa shape index (κ3) is 5.64. The van der Waals surface area contributed by atoms with Crippen LogP contribution in [-0.4, -0.2) is 4.98 Å². The molecule has 22 heteroatoms. The Balaban J connectivity index is 2.37. The van der Waals surface area contributed by atoms with Gasteiger partial charge in [-0.15, -0.1) is 0 Å². The smallest absolute Gasteiger partial charge is 0.203 e. The van der Waals surface area contributed by atoms with Crippen LogP contribution >= 0.6 is 0 Å². The molecule has 260 valence electrons. The molecule has 3 aromatic rings. The molecule has 0 aliphatic heterocycles. The summed E-state index contributed by atoms with van der Waals surface area (Å²) in [6.07, 6.45) is -12.4. The van der Waals surface area contributed by atoms with E-state index in [9.17, 15) is 68.5 Å². The summed E-state index contributed by atoms with van der Waals surface area (Å²) in [4.78, 5) is 2.54. The average Bonchev–Trinajstić information content (AvgIpc) is 3.75. The highest BCUT2D eigenvalue weighted by molar-refractivity contribution is 6.12. The topological polar surface area (TPSA) is 108 Å². The quantitative estimate of drug-likeness (QED) is 0.116. The highest BCUT2D eigenvalue weighted by Crippen LogP contribution is 2.57. The van der Waals surface area contributed by atoms with Gasteiger partial charge in [0.15, 0.2) is 63.9 Å². The van der Waals surface area contributed by atoms with Gasteiger partial charge in [-0.1, -0.05) is 0 Å². The Morgan fingerprint density at radius 2 is 0.686 bits per heavy atom. The van der Waals surface area contributed by atoms with Crippen molar-refractivity contribution in [3.63, 3.8) is 0 Å². The number of alkyl halides is 6. The van der Waals surface area contributed by atoms with Crippen LogP contribution in [0.15, 0.2) is 16.7 Å². The molecule has 1 fully saturated rings. The van der Waals surface area contributed by atoms with Crippen LogP contribution in [0.5, 0.6) is 0 Å². The van der Waals surface area contributed by atoms with Crippen molar-refractivity contribution in [1.82, 2.24) is 4.98 Å². The molecule has 5 nitrogen and oxygen atoms in total. The molecule has 0 unspecified atom stereocenters. The highest BCUT2D eigenvalue weighted by Gasteiger charge is 2.49. The molecular weight excluding hydrogens is 741 g/mol. The SMILES string of the molecule is N#CC(=C1C(=C(\C#N)c2c(F)c(F)c(C(F)(F)F)c(F)c2F)/C1=C(/C#N)c1c(F)c(F)c(C(F)(F)F)c(F)c1F)c1c(F)c(F)nc(C#N)c1F. The molecule has 0 N–H and O–H groups in total. The Morgan fingerprint density at radius 1 is 0.412 bits per heavy atom. The van der Waals surface area contributed by atoms with Gasteiger partial charge in [-0.2, -0.15) is 51.8 Å². The third-order valence-electron chi connectivity index (χ3n) is 6.76. The molecule has 0 bridgehead atoms. The molecule has 4 rings (SSSR count). The van der Waals surface area contributed by atoms with Gasteiger partial charge in [0.05, 0.1) is 33.4 Å². The van der Waals surface area contributed by atoms with Crippen LogP contribution in [0.2, 0.25) is 0 Å². The van der Waals surface area contributed by atoms with Crippen molar-refractivity contribution in [2.24, 2.45) is 0 Å². The second kappa shape index (κ2) is 12.5. The van der Waals surface area contributed by atoms with Gasteiger partial charge < -0.3 is 0 Å². The maximum Gasteiger partial charge on any atom is 0.422 e. The lowest BCUT2D eigenvalue weighted by Gasteiger charge is -2.14. The fraction of sp³-hybridized carbons (Fsp3) is 0.0690. The van der Waals surface area contributed by atoms with Crippen LogP contribution in [0.4, 0.5) is 74.6 Å². The molecule has 0 spiro atoms. The largest absolute Gasteiger partial charge is 0.422 e. The second-order valence-electron chi connectivity index (χ2n) is 9.46. The summed E-state index contributed by atoms with van der Waals surface area (Å²) in [5.41, 5.74) is -26.3. The molecule has 1 heterocycles. The van der Waals surface area contributed by atoms with Crippen molar-refractivity contribution in [2.75, 3.05) is 0 Å². The van der Waals surface area contributed by atoms with Gasteiger partial charge >= 0.3 is 12.4 Å². The van der Waals surface area contributed by atoms with E-state index in [4.69, 9.17) is 5.26 Å². The standard InChI is InChI=1S/C29F17N5/c30-17-8(4-50)51-27(40)22(35)12(17)5(1-47)9-10(6(2-48)13-18(31)23(36)15(28(41,42)43)24(37)19(13)32)11(9)7(3-49)14-20(33)25(38)16(29(44,45)46)26(39)21(14)34/b10-6-,11-7-. The van der Waals surface area contributed by atoms with Crippen LogP contribution in [0.1, 0.15) is 33.5 Å². The first-order chi connectivity index (χ1) is 23.5. The zero-order chi connectivity index (χ0) is 38.8. The summed E-state index contributed by atoms with van der Waals surface area (Å²) in [7, 11) is 0. The molecule has 2 aromatic carbocycles. The zero-order valence-electron chi connectivity index (χ0n) is 23.2. The van der Waals surface area contributed by atoms with Gasteiger partial charge in [-0.05, 0) is 0 Å². The van der Waals surface area contributed by atoms with E-state index in [1.165, 1.54) is 0 Å². The number of allylic oxidation sites excluding steroid dienone is 6. The summed E-state index contributed by atoms with van der Waals surface area (Å²) in [5.74, 6) is -32.6. The van der Waals surface area contributed by atoms with Crippen LogP contribution in [0.25, 0.3) is 16.7 Å². The highest BCUT2D eigenvalue weighted by atomic mass is 19.4. The first kappa shape index (κ1) is 37.4. The van der Waals surface area contributed by atoms with E-state index in [-0.39, 0.29) is 0 Å². The summed E-state index contributed by atoms with van der Waals surface area (Å²) < 4.78 is 241. The molecule has 0 saturated heterocycles. The van der Waals surface area contributed by atoms with E-state index in [1.807, 2.05) is 0 Å². The molecule has 1 aliphatic carbocycles. The number of benzene rings is 2. The van der Waals surface area contributed by atoms with Crippen LogP contribution in [0.3, 0.4) is 0 Å². The summed E-state index contributed by atoms with van der Waals surface area (Å²) in [5, 5.41) is 38.2. The minimum absolute atomic E-state index is 0.727. The van der Waals surface area contributed by atoms with Crippen molar-refractivity contribution in [3.05, 3.63) is 114 Å². The number of rotatable bonds is 3. The van der Waals surface area contributed by atoms with Gasteiger partial charge in [0.2, 0.25) is 0 Å². The zero-order valence-corrected chi connectivity index (χ0v) is 23.2. The van der Waals surface area contributed by atoms with Crippen molar-refractivity contribution in [2.45, 2.75) is 12.4 Å². The average molecular weight is 741 g/mol. The molecule has 0 amide bonds. The Labute approximate surface area is 268 Å². The fourth-order valence-electron chi connectivity index (χ4n) is 4.66. The third-order valence-corrected chi connectivity index (χ3v) is 6.76. The maximum absolute atomic E-state index is 15.1. The molecular formula is C29F17N5. The lowest BCUT2D eigenvalue weighted by molar-refractivity contribution is -0.144. The van der Waals surface area contributed by atoms with E-state index in [0.717, 1.165) is 24.3 Å². The Morgan fingerprint density at radius 3 is 0.922 bits per heavy atom. The monoisotopic (exact) mass is 741 g/mol. The number of halogens is 17. The van der Waals surface area contributed by atoms with Gasteiger partial charge in [0, 0.05) is 16.7 Å². The van der Waals surface area contributed by atoms with Gasteiger partial charge in [0.1, 0.15) is 35.4 Å². The number of pyridine rings is 1. The van der Waals surface area contributed by atoms with Gasteiger partial charge in [-0.3, -0.25) is 0 Å². The first-order valence-corrected chi connectivity index (χ1v) is 12.3. The predicted octanol–water partition coefficient (Wildman–Crippen LogP) is 8.77. The van der Waals surface area contributed by atoms with Crippen LogP contribution in [0, 0.1) is 109 Å². The van der Waals surface area contributed by atoms with E-state index < -0.39 is 143 Å². The van der Waals surface area contributed by atoms with E-state index >= 15 is 22.0 Å². The summed E-state index contributed by atoms with van der Waals surface area (Å²) >= 11 is 0. The fourth-order valence-corrected chi connectivity index (χ4v) is 4.66. The van der Waals surface area contributed by atoms with E-state index in [1.54, 1.807) is 0 Å². The number of nitriles is 4. The van der Waals surface area contributed by atoms with Crippen molar-refractivity contribution < 1.29 is 74.6 Å². The number of hydrogen-bond donors (Lipinski definition) is 0. The van der Waals surface area contributed by atoms with Crippen LogP contribution in [-0.2, 0) is 12.4 Å². The Hall–Kier alpha value is -6.42. The lowest BCUT2D eigenvalue weighted by atomic mass is 9.98. The first-order valence-electron chi connectivity index (χ1n) is 12.3.